The maximum atomic E-state index is 12.9. The molecule has 11 nitrogen and oxygen atoms in total. The van der Waals surface area contributed by atoms with Gasteiger partial charge < -0.3 is 20.1 Å². The van der Waals surface area contributed by atoms with Gasteiger partial charge in [0, 0.05) is 32.3 Å². The van der Waals surface area contributed by atoms with Gasteiger partial charge in [0.2, 0.25) is 11.7 Å². The first-order chi connectivity index (χ1) is 16.0. The SMILES string of the molecule is Cc1ncccc1NC(=O)[C@@H]1COC[C@H]2CN(C(=O)c3ncn(C)n3)C[C@H]21.O=C(O)C(F)(F)F. The number of alkyl halides is 3. The number of aryl methyl sites for hydroxylation is 2. The summed E-state index contributed by atoms with van der Waals surface area (Å²) in [5.74, 6) is -2.98. The lowest BCUT2D eigenvalue weighted by molar-refractivity contribution is -0.192. The number of rotatable bonds is 3. The Morgan fingerprint density at radius 1 is 1.21 bits per heavy atom. The number of ether oxygens (including phenoxy) is 1. The second-order valence-electron chi connectivity index (χ2n) is 7.95. The summed E-state index contributed by atoms with van der Waals surface area (Å²) in [5.41, 5.74) is 1.47. The Bertz CT molecular complexity index is 1060. The molecule has 2 fully saturated rings. The van der Waals surface area contributed by atoms with E-state index in [4.69, 9.17) is 14.6 Å². The fraction of sp³-hybridized carbons (Fsp3) is 0.500. The third kappa shape index (κ3) is 5.87. The molecular formula is C20H23F3N6O5. The topological polar surface area (TPSA) is 140 Å². The van der Waals surface area contributed by atoms with Gasteiger partial charge in [-0.1, -0.05) is 0 Å². The van der Waals surface area contributed by atoms with Gasteiger partial charge in [0.25, 0.3) is 5.91 Å². The summed E-state index contributed by atoms with van der Waals surface area (Å²) in [6, 6.07) is 3.62. The second kappa shape index (κ2) is 10.2. The Morgan fingerprint density at radius 2 is 1.91 bits per heavy atom. The van der Waals surface area contributed by atoms with E-state index in [1.165, 1.54) is 11.0 Å². The Morgan fingerprint density at radius 3 is 2.50 bits per heavy atom. The molecule has 0 saturated carbocycles. The van der Waals surface area contributed by atoms with Crippen molar-refractivity contribution in [2.45, 2.75) is 13.1 Å². The van der Waals surface area contributed by atoms with Crippen LogP contribution in [0.15, 0.2) is 24.7 Å². The minimum absolute atomic E-state index is 0.0587. The van der Waals surface area contributed by atoms with E-state index in [-0.39, 0.29) is 35.4 Å². The molecule has 3 atom stereocenters. The summed E-state index contributed by atoms with van der Waals surface area (Å²) >= 11 is 0. The van der Waals surface area contributed by atoms with Crippen molar-refractivity contribution in [2.75, 3.05) is 31.6 Å². The summed E-state index contributed by atoms with van der Waals surface area (Å²) in [7, 11) is 1.72. The largest absolute Gasteiger partial charge is 0.490 e. The van der Waals surface area contributed by atoms with Gasteiger partial charge in [-0.05, 0) is 25.0 Å². The number of nitrogens with one attached hydrogen (secondary N) is 1. The number of nitrogens with zero attached hydrogens (tertiary/aromatic N) is 5. The molecule has 2 aromatic heterocycles. The predicted octanol–water partition coefficient (Wildman–Crippen LogP) is 1.13. The maximum absolute atomic E-state index is 12.9. The predicted molar refractivity (Wildman–Crippen MR) is 109 cm³/mol. The van der Waals surface area contributed by atoms with Crippen LogP contribution in [-0.4, -0.2) is 80.0 Å². The summed E-state index contributed by atoms with van der Waals surface area (Å²) in [6.07, 6.45) is -1.89. The monoisotopic (exact) mass is 484 g/mol. The average molecular weight is 484 g/mol. The number of aliphatic carboxylic acids is 1. The van der Waals surface area contributed by atoms with Crippen molar-refractivity contribution in [3.63, 3.8) is 0 Å². The van der Waals surface area contributed by atoms with Crippen LogP contribution in [0, 0.1) is 24.7 Å². The van der Waals surface area contributed by atoms with Crippen LogP contribution in [-0.2, 0) is 21.4 Å². The number of carboxylic acids is 1. The third-order valence-electron chi connectivity index (χ3n) is 5.56. The zero-order chi connectivity index (χ0) is 25.0. The van der Waals surface area contributed by atoms with Crippen LogP contribution in [0.3, 0.4) is 0 Å². The molecule has 34 heavy (non-hydrogen) atoms. The van der Waals surface area contributed by atoms with Gasteiger partial charge in [-0.3, -0.25) is 19.3 Å². The number of pyridine rings is 1. The molecule has 2 N–H and O–H groups in total. The molecule has 2 aromatic rings. The van der Waals surface area contributed by atoms with Crippen molar-refractivity contribution in [3.05, 3.63) is 36.2 Å². The molecule has 184 valence electrons. The van der Waals surface area contributed by atoms with Crippen molar-refractivity contribution in [1.82, 2.24) is 24.6 Å². The van der Waals surface area contributed by atoms with Crippen molar-refractivity contribution in [2.24, 2.45) is 24.8 Å². The highest BCUT2D eigenvalue weighted by Crippen LogP contribution is 2.35. The van der Waals surface area contributed by atoms with Crippen LogP contribution in [0.1, 0.15) is 16.3 Å². The van der Waals surface area contributed by atoms with Crippen molar-refractivity contribution < 1.29 is 37.4 Å². The normalized spacial score (nSPS) is 21.8. The summed E-state index contributed by atoms with van der Waals surface area (Å²) in [5, 5.41) is 14.2. The van der Waals surface area contributed by atoms with Gasteiger partial charge in [-0.25, -0.2) is 9.78 Å². The first-order valence-corrected chi connectivity index (χ1v) is 10.2. The van der Waals surface area contributed by atoms with E-state index < -0.39 is 12.1 Å². The van der Waals surface area contributed by atoms with Gasteiger partial charge in [0.1, 0.15) is 6.33 Å². The van der Waals surface area contributed by atoms with Crippen LogP contribution >= 0.6 is 0 Å². The molecule has 2 amide bonds. The number of halogens is 3. The number of anilines is 1. The molecule has 2 saturated heterocycles. The van der Waals surface area contributed by atoms with Crippen molar-refractivity contribution in [3.8, 4) is 0 Å². The number of carbonyl (C=O) groups is 3. The lowest BCUT2D eigenvalue weighted by Gasteiger charge is -2.31. The van der Waals surface area contributed by atoms with E-state index in [9.17, 15) is 22.8 Å². The molecule has 0 aliphatic carbocycles. The lowest BCUT2D eigenvalue weighted by atomic mass is 9.82. The number of hydrogen-bond acceptors (Lipinski definition) is 7. The number of carbonyl (C=O) groups excluding carboxylic acids is 2. The van der Waals surface area contributed by atoms with Gasteiger partial charge in [-0.2, -0.15) is 13.2 Å². The minimum Gasteiger partial charge on any atom is -0.475 e. The highest BCUT2D eigenvalue weighted by atomic mass is 19.4. The van der Waals surface area contributed by atoms with Gasteiger partial charge in [0.05, 0.1) is 30.5 Å². The third-order valence-corrected chi connectivity index (χ3v) is 5.56. The van der Waals surface area contributed by atoms with Gasteiger partial charge in [-0.15, -0.1) is 5.10 Å². The summed E-state index contributed by atoms with van der Waals surface area (Å²) in [6.45, 7) is 3.83. The molecule has 0 radical (unpaired) electrons. The molecule has 0 spiro atoms. The fourth-order valence-corrected chi connectivity index (χ4v) is 3.86. The number of aromatic nitrogens is 4. The quantitative estimate of drug-likeness (QED) is 0.661. The Labute approximate surface area is 191 Å². The number of likely N-dealkylation sites (tertiary alicyclic amines) is 1. The van der Waals surface area contributed by atoms with Crippen LogP contribution in [0.5, 0.6) is 0 Å². The standard InChI is InChI=1S/C18H22N6O3.C2HF3O2/c1-11-15(4-3-5-19-11)21-17(25)14-9-27-8-12-6-24(7-13(12)14)18(26)16-20-10-23(2)22-16;3-2(4,5)1(6)7/h3-5,10,12-14H,6-9H2,1-2H3,(H,21,25);(H,6,7)/t12-,13-,14-;/m1./s1. The Kier molecular flexibility index (Phi) is 7.49. The van der Waals surface area contributed by atoms with E-state index in [2.05, 4.69) is 20.4 Å². The van der Waals surface area contributed by atoms with Gasteiger partial charge >= 0.3 is 12.1 Å². The van der Waals surface area contributed by atoms with Crippen molar-refractivity contribution in [1.29, 1.82) is 0 Å². The molecule has 2 aliphatic rings. The van der Waals surface area contributed by atoms with E-state index in [1.54, 1.807) is 24.2 Å². The highest BCUT2D eigenvalue weighted by Gasteiger charge is 2.46. The zero-order valence-electron chi connectivity index (χ0n) is 18.3. The van der Waals surface area contributed by atoms with Crippen LogP contribution in [0.25, 0.3) is 0 Å². The van der Waals surface area contributed by atoms with Crippen LogP contribution in [0.2, 0.25) is 0 Å². The second-order valence-corrected chi connectivity index (χ2v) is 7.95. The van der Waals surface area contributed by atoms with Crippen molar-refractivity contribution >= 4 is 23.5 Å². The first kappa shape index (κ1) is 25.1. The number of hydrogen-bond donors (Lipinski definition) is 2. The maximum Gasteiger partial charge on any atom is 0.490 e. The molecule has 14 heteroatoms. The number of carboxylic acid groups (broad SMARTS) is 1. The number of amides is 2. The molecule has 2 aliphatic heterocycles. The molecule has 0 bridgehead atoms. The fourth-order valence-electron chi connectivity index (χ4n) is 3.86. The van der Waals surface area contributed by atoms with E-state index in [0.29, 0.717) is 32.0 Å². The van der Waals surface area contributed by atoms with E-state index >= 15 is 0 Å². The van der Waals surface area contributed by atoms with E-state index in [0.717, 1.165) is 5.69 Å². The smallest absolute Gasteiger partial charge is 0.475 e. The number of fused-ring (bicyclic) bond motifs is 1. The average Bonchev–Trinajstić information content (AvgIpc) is 3.40. The summed E-state index contributed by atoms with van der Waals surface area (Å²) in [4.78, 5) is 44.4. The lowest BCUT2D eigenvalue weighted by Crippen LogP contribution is -2.42. The minimum atomic E-state index is -5.08. The molecule has 4 rings (SSSR count). The van der Waals surface area contributed by atoms with Crippen LogP contribution < -0.4 is 5.32 Å². The Hall–Kier alpha value is -3.55. The van der Waals surface area contributed by atoms with Gasteiger partial charge in [0.15, 0.2) is 0 Å². The Balaban J connectivity index is 0.000000406. The highest BCUT2D eigenvalue weighted by molar-refractivity contribution is 5.94. The zero-order valence-corrected chi connectivity index (χ0v) is 18.3. The first-order valence-electron chi connectivity index (χ1n) is 10.2. The molecule has 0 unspecified atom stereocenters. The molecular weight excluding hydrogens is 461 g/mol. The molecule has 0 aromatic carbocycles. The van der Waals surface area contributed by atoms with E-state index in [1.807, 2.05) is 13.0 Å². The summed E-state index contributed by atoms with van der Waals surface area (Å²) < 4.78 is 38.9. The van der Waals surface area contributed by atoms with Crippen LogP contribution in [0.4, 0.5) is 18.9 Å². The molecule has 4 heterocycles.